The highest BCUT2D eigenvalue weighted by molar-refractivity contribution is 7.99. The lowest BCUT2D eigenvalue weighted by Gasteiger charge is -2.25. The van der Waals surface area contributed by atoms with E-state index in [1.54, 1.807) is 0 Å². The molecule has 1 heterocycles. The summed E-state index contributed by atoms with van der Waals surface area (Å²) in [5.41, 5.74) is 5.59. The van der Waals surface area contributed by atoms with Gasteiger partial charge in [0.2, 0.25) is 0 Å². The maximum Gasteiger partial charge on any atom is 0.407 e. The highest BCUT2D eigenvalue weighted by Crippen LogP contribution is 2.25. The number of ether oxygens (including phenoxy) is 1. The number of hydrogen-bond donors (Lipinski definition) is 2. The number of carbonyl (C=O) groups excluding carboxylic acids is 1. The van der Waals surface area contributed by atoms with E-state index in [1.165, 1.54) is 24.3 Å². The van der Waals surface area contributed by atoms with Crippen molar-refractivity contribution in [3.05, 3.63) is 0 Å². The minimum atomic E-state index is -0.450. The van der Waals surface area contributed by atoms with Crippen LogP contribution in [0.15, 0.2) is 0 Å². The minimum Gasteiger partial charge on any atom is -0.444 e. The molecule has 1 fully saturated rings. The molecule has 18 heavy (non-hydrogen) atoms. The third-order valence-corrected chi connectivity index (χ3v) is 4.08. The average Bonchev–Trinajstić information content (AvgIpc) is 2.25. The lowest BCUT2D eigenvalue weighted by Crippen LogP contribution is -2.41. The Morgan fingerprint density at radius 3 is 2.83 bits per heavy atom. The number of amides is 1. The van der Waals surface area contributed by atoms with Gasteiger partial charge in [-0.05, 0) is 57.5 Å². The molecule has 0 aromatic rings. The summed E-state index contributed by atoms with van der Waals surface area (Å²) in [6.45, 7) is 6.05. The number of nitrogens with one attached hydrogen (secondary N) is 1. The molecule has 1 saturated heterocycles. The quantitative estimate of drug-likeness (QED) is 0.826. The average molecular weight is 274 g/mol. The lowest BCUT2D eigenvalue weighted by atomic mass is 9.97. The molecular weight excluding hydrogens is 248 g/mol. The van der Waals surface area contributed by atoms with Crippen LogP contribution in [0.3, 0.4) is 0 Å². The van der Waals surface area contributed by atoms with Crippen LogP contribution in [0.5, 0.6) is 0 Å². The normalized spacial score (nSPS) is 22.3. The Kier molecular flexibility index (Phi) is 6.29. The summed E-state index contributed by atoms with van der Waals surface area (Å²) >= 11 is 2.01. The first-order valence-corrected chi connectivity index (χ1v) is 7.82. The van der Waals surface area contributed by atoms with Gasteiger partial charge in [-0.3, -0.25) is 0 Å². The summed E-state index contributed by atoms with van der Waals surface area (Å²) in [5, 5.41) is 2.74. The second-order valence-electron chi connectivity index (χ2n) is 5.96. The van der Waals surface area contributed by atoms with Crippen molar-refractivity contribution in [2.75, 3.05) is 18.1 Å². The molecule has 0 aliphatic carbocycles. The predicted octanol–water partition coefficient (Wildman–Crippen LogP) is 2.37. The number of carbonyl (C=O) groups is 1. The molecule has 106 valence electrons. The topological polar surface area (TPSA) is 64.3 Å². The van der Waals surface area contributed by atoms with Crippen LogP contribution >= 0.6 is 11.8 Å². The van der Waals surface area contributed by atoms with Crippen molar-refractivity contribution in [2.24, 2.45) is 11.7 Å². The van der Waals surface area contributed by atoms with Crippen LogP contribution in [0.4, 0.5) is 4.79 Å². The first-order valence-electron chi connectivity index (χ1n) is 6.67. The molecule has 0 spiro atoms. The van der Waals surface area contributed by atoms with Crippen molar-refractivity contribution in [2.45, 2.75) is 51.7 Å². The number of nitrogens with two attached hydrogens (primary N) is 1. The van der Waals surface area contributed by atoms with Gasteiger partial charge in [0.15, 0.2) is 0 Å². The zero-order chi connectivity index (χ0) is 13.6. The summed E-state index contributed by atoms with van der Waals surface area (Å²) in [6, 6.07) is 0.0289. The molecule has 0 aromatic heterocycles. The van der Waals surface area contributed by atoms with Gasteiger partial charge in [0.25, 0.3) is 0 Å². The molecular formula is C13H26N2O2S. The first kappa shape index (κ1) is 15.6. The Hall–Kier alpha value is -0.420. The Morgan fingerprint density at radius 2 is 2.28 bits per heavy atom. The van der Waals surface area contributed by atoms with Crippen molar-refractivity contribution < 1.29 is 9.53 Å². The molecule has 0 bridgehead atoms. The van der Waals surface area contributed by atoms with Crippen LogP contribution < -0.4 is 11.1 Å². The fourth-order valence-electron chi connectivity index (χ4n) is 2.03. The van der Waals surface area contributed by atoms with Crippen LogP contribution in [0.1, 0.15) is 40.0 Å². The van der Waals surface area contributed by atoms with Crippen LogP contribution in [0, 0.1) is 5.92 Å². The van der Waals surface area contributed by atoms with Crippen LogP contribution in [0.25, 0.3) is 0 Å². The highest BCUT2D eigenvalue weighted by atomic mass is 32.2. The lowest BCUT2D eigenvalue weighted by molar-refractivity contribution is 0.0523. The third kappa shape index (κ3) is 7.11. The molecule has 3 N–H and O–H groups in total. The molecule has 2 unspecified atom stereocenters. The monoisotopic (exact) mass is 274 g/mol. The highest BCUT2D eigenvalue weighted by Gasteiger charge is 2.19. The number of thioether (sulfide) groups is 1. The van der Waals surface area contributed by atoms with Crippen LogP contribution in [-0.4, -0.2) is 35.8 Å². The Morgan fingerprint density at radius 1 is 1.56 bits per heavy atom. The maximum absolute atomic E-state index is 11.5. The SMILES string of the molecule is CC(C)(C)OC(=O)NCC(N)CC1CCCSC1. The summed E-state index contributed by atoms with van der Waals surface area (Å²) in [4.78, 5) is 11.5. The number of rotatable bonds is 4. The summed E-state index contributed by atoms with van der Waals surface area (Å²) in [7, 11) is 0. The zero-order valence-corrected chi connectivity index (χ0v) is 12.5. The zero-order valence-electron chi connectivity index (χ0n) is 11.7. The fraction of sp³-hybridized carbons (Fsp3) is 0.923. The maximum atomic E-state index is 11.5. The van der Waals surface area contributed by atoms with Crippen LogP contribution in [-0.2, 0) is 4.74 Å². The van der Waals surface area contributed by atoms with E-state index in [4.69, 9.17) is 10.5 Å². The molecule has 0 radical (unpaired) electrons. The van der Waals surface area contributed by atoms with Gasteiger partial charge in [-0.25, -0.2) is 4.79 Å². The van der Waals surface area contributed by atoms with Crippen molar-refractivity contribution >= 4 is 17.9 Å². The molecule has 4 nitrogen and oxygen atoms in total. The van der Waals surface area contributed by atoms with Gasteiger partial charge in [-0.15, -0.1) is 0 Å². The molecule has 1 aliphatic heterocycles. The summed E-state index contributed by atoms with van der Waals surface area (Å²) in [5.74, 6) is 3.20. The van der Waals surface area contributed by atoms with Gasteiger partial charge < -0.3 is 15.8 Å². The van der Waals surface area contributed by atoms with Crippen molar-refractivity contribution in [1.82, 2.24) is 5.32 Å². The molecule has 0 saturated carbocycles. The number of hydrogen-bond acceptors (Lipinski definition) is 4. The molecule has 1 aliphatic rings. The summed E-state index contributed by atoms with van der Waals surface area (Å²) in [6.07, 6.45) is 3.17. The predicted molar refractivity (Wildman–Crippen MR) is 76.9 cm³/mol. The van der Waals surface area contributed by atoms with Gasteiger partial charge >= 0.3 is 6.09 Å². The smallest absolute Gasteiger partial charge is 0.407 e. The van der Waals surface area contributed by atoms with E-state index in [0.717, 1.165) is 6.42 Å². The van der Waals surface area contributed by atoms with Gasteiger partial charge in [-0.2, -0.15) is 11.8 Å². The molecule has 2 atom stereocenters. The fourth-order valence-corrected chi connectivity index (χ4v) is 3.21. The van der Waals surface area contributed by atoms with Crippen molar-refractivity contribution in [1.29, 1.82) is 0 Å². The second-order valence-corrected chi connectivity index (χ2v) is 7.11. The van der Waals surface area contributed by atoms with Gasteiger partial charge in [0.1, 0.15) is 5.60 Å². The third-order valence-electron chi connectivity index (χ3n) is 2.80. The van der Waals surface area contributed by atoms with Gasteiger partial charge in [-0.1, -0.05) is 0 Å². The van der Waals surface area contributed by atoms with E-state index in [0.29, 0.717) is 12.5 Å². The Labute approximate surface area is 114 Å². The van der Waals surface area contributed by atoms with E-state index >= 15 is 0 Å². The van der Waals surface area contributed by atoms with E-state index in [1.807, 2.05) is 32.5 Å². The van der Waals surface area contributed by atoms with Crippen LogP contribution in [0.2, 0.25) is 0 Å². The van der Waals surface area contributed by atoms with Gasteiger partial charge in [0, 0.05) is 12.6 Å². The van der Waals surface area contributed by atoms with Gasteiger partial charge in [0.05, 0.1) is 0 Å². The van der Waals surface area contributed by atoms with E-state index < -0.39 is 5.60 Å². The Bertz CT molecular complexity index is 260. The standard InChI is InChI=1S/C13H26N2O2S/c1-13(2,3)17-12(16)15-8-11(14)7-10-5-4-6-18-9-10/h10-11H,4-9,14H2,1-3H3,(H,15,16). The second kappa shape index (κ2) is 7.24. The van der Waals surface area contributed by atoms with E-state index in [-0.39, 0.29) is 12.1 Å². The van der Waals surface area contributed by atoms with E-state index in [9.17, 15) is 4.79 Å². The molecule has 5 heteroatoms. The molecule has 0 aromatic carbocycles. The van der Waals surface area contributed by atoms with Crippen molar-refractivity contribution in [3.8, 4) is 0 Å². The molecule has 1 rings (SSSR count). The first-order chi connectivity index (χ1) is 8.37. The van der Waals surface area contributed by atoms with Crippen molar-refractivity contribution in [3.63, 3.8) is 0 Å². The van der Waals surface area contributed by atoms with E-state index in [2.05, 4.69) is 5.32 Å². The molecule has 1 amide bonds. The largest absolute Gasteiger partial charge is 0.444 e. The number of alkyl carbamates (subject to hydrolysis) is 1. The minimum absolute atomic E-state index is 0.0289. The Balaban J connectivity index is 2.16. The summed E-state index contributed by atoms with van der Waals surface area (Å²) < 4.78 is 5.17.